The molecule has 0 saturated carbocycles. The van der Waals surface area contributed by atoms with Crippen molar-refractivity contribution in [2.75, 3.05) is 6.54 Å². The quantitative estimate of drug-likeness (QED) is 0.883. The molecule has 0 unspecified atom stereocenters. The van der Waals surface area contributed by atoms with Crippen LogP contribution in [0.15, 0.2) is 34.9 Å². The summed E-state index contributed by atoms with van der Waals surface area (Å²) in [6, 6.07) is 11.1. The van der Waals surface area contributed by atoms with Gasteiger partial charge in [0.05, 0.1) is 6.54 Å². The first-order chi connectivity index (χ1) is 11.2. The van der Waals surface area contributed by atoms with Crippen LogP contribution in [0, 0.1) is 0 Å². The summed E-state index contributed by atoms with van der Waals surface area (Å²) in [5.74, 6) is -0.234. The number of piperidine rings is 1. The molecule has 1 saturated heterocycles. The third kappa shape index (κ3) is 4.16. The van der Waals surface area contributed by atoms with E-state index in [-0.39, 0.29) is 5.82 Å². The number of hydrogen-bond acceptors (Lipinski definition) is 5. The van der Waals surface area contributed by atoms with E-state index in [0.717, 1.165) is 19.4 Å². The van der Waals surface area contributed by atoms with Crippen LogP contribution < -0.4 is 5.73 Å². The fraction of sp³-hybridized carbons (Fsp3) is 0.471. The molecule has 1 amide bonds. The van der Waals surface area contributed by atoms with Gasteiger partial charge in [0.25, 0.3) is 11.7 Å². The highest BCUT2D eigenvalue weighted by molar-refractivity contribution is 5.88. The minimum atomic E-state index is -0.653. The summed E-state index contributed by atoms with van der Waals surface area (Å²) < 4.78 is 5.14. The number of aromatic nitrogens is 2. The fourth-order valence-corrected chi connectivity index (χ4v) is 3.17. The Labute approximate surface area is 135 Å². The Morgan fingerprint density at radius 3 is 2.87 bits per heavy atom. The monoisotopic (exact) mass is 314 g/mol. The number of rotatable bonds is 6. The van der Waals surface area contributed by atoms with E-state index < -0.39 is 5.91 Å². The summed E-state index contributed by atoms with van der Waals surface area (Å²) in [4.78, 5) is 17.5. The lowest BCUT2D eigenvalue weighted by atomic mass is 9.96. The molecular weight excluding hydrogens is 292 g/mol. The molecule has 122 valence electrons. The van der Waals surface area contributed by atoms with Crippen LogP contribution in [-0.2, 0) is 13.0 Å². The van der Waals surface area contributed by atoms with Gasteiger partial charge < -0.3 is 10.3 Å². The maximum Gasteiger partial charge on any atom is 0.290 e. The second kappa shape index (κ2) is 7.37. The van der Waals surface area contributed by atoms with Gasteiger partial charge in [0.15, 0.2) is 0 Å². The zero-order valence-corrected chi connectivity index (χ0v) is 13.1. The summed E-state index contributed by atoms with van der Waals surface area (Å²) in [7, 11) is 0. The predicted molar refractivity (Wildman–Crippen MR) is 85.6 cm³/mol. The fourth-order valence-electron chi connectivity index (χ4n) is 3.17. The highest BCUT2D eigenvalue weighted by Crippen LogP contribution is 2.23. The molecule has 1 aromatic carbocycles. The first kappa shape index (κ1) is 15.7. The molecule has 2 N–H and O–H groups in total. The number of amides is 1. The number of nitrogens with zero attached hydrogens (tertiary/aromatic N) is 3. The van der Waals surface area contributed by atoms with Gasteiger partial charge in [0, 0.05) is 6.04 Å². The highest BCUT2D eigenvalue weighted by atomic mass is 16.5. The van der Waals surface area contributed by atoms with Crippen LogP contribution in [0.3, 0.4) is 0 Å². The van der Waals surface area contributed by atoms with Crippen LogP contribution in [0.1, 0.15) is 47.8 Å². The molecule has 0 spiro atoms. The molecule has 0 bridgehead atoms. The van der Waals surface area contributed by atoms with Crippen molar-refractivity contribution < 1.29 is 9.32 Å². The number of carbonyl (C=O) groups is 1. The Hall–Kier alpha value is -2.21. The Kier molecular flexibility index (Phi) is 5.02. The standard InChI is InChI=1S/C17H22N4O2/c18-16(22)17-19-15(23-20-17)12-21-11-5-4-8-14(21)10-9-13-6-2-1-3-7-13/h1-3,6-7,14H,4-5,8-12H2,(H2,18,22)/t14-/m0/s1. The highest BCUT2D eigenvalue weighted by Gasteiger charge is 2.24. The molecule has 1 aliphatic rings. The number of primary amides is 1. The maximum absolute atomic E-state index is 11.1. The van der Waals surface area contributed by atoms with Gasteiger partial charge in [-0.05, 0) is 37.8 Å². The number of nitrogens with two attached hydrogens (primary N) is 1. The molecule has 6 heteroatoms. The zero-order valence-electron chi connectivity index (χ0n) is 13.1. The van der Waals surface area contributed by atoms with Gasteiger partial charge in [0.2, 0.25) is 5.89 Å². The lowest BCUT2D eigenvalue weighted by molar-refractivity contribution is 0.0987. The van der Waals surface area contributed by atoms with Gasteiger partial charge in [-0.1, -0.05) is 41.9 Å². The molecule has 3 rings (SSSR count). The third-order valence-electron chi connectivity index (χ3n) is 4.38. The summed E-state index contributed by atoms with van der Waals surface area (Å²) in [5, 5.41) is 3.61. The number of hydrogen-bond donors (Lipinski definition) is 1. The molecule has 0 radical (unpaired) electrons. The number of benzene rings is 1. The van der Waals surface area contributed by atoms with Crippen molar-refractivity contribution in [2.24, 2.45) is 5.73 Å². The molecule has 1 fully saturated rings. The second-order valence-corrected chi connectivity index (χ2v) is 6.02. The first-order valence-corrected chi connectivity index (χ1v) is 8.13. The van der Waals surface area contributed by atoms with Crippen LogP contribution in [-0.4, -0.2) is 33.5 Å². The molecule has 1 atom stereocenters. The molecule has 2 aromatic rings. The van der Waals surface area contributed by atoms with Crippen molar-refractivity contribution in [3.05, 3.63) is 47.6 Å². The molecule has 1 aromatic heterocycles. The van der Waals surface area contributed by atoms with Crippen LogP contribution in [0.2, 0.25) is 0 Å². The number of carbonyl (C=O) groups excluding carboxylic acids is 1. The molecule has 2 heterocycles. The van der Waals surface area contributed by atoms with Gasteiger partial charge in [-0.15, -0.1) is 0 Å². The van der Waals surface area contributed by atoms with Crippen molar-refractivity contribution in [3.63, 3.8) is 0 Å². The van der Waals surface area contributed by atoms with Gasteiger partial charge in [-0.2, -0.15) is 4.98 Å². The Balaban J connectivity index is 1.60. The van der Waals surface area contributed by atoms with Crippen molar-refractivity contribution >= 4 is 5.91 Å². The lowest BCUT2D eigenvalue weighted by Crippen LogP contribution is -2.39. The van der Waals surface area contributed by atoms with Crippen LogP contribution >= 0.6 is 0 Å². The minimum Gasteiger partial charge on any atom is -0.363 e. The van der Waals surface area contributed by atoms with E-state index in [1.165, 1.54) is 24.8 Å². The molecule has 6 nitrogen and oxygen atoms in total. The van der Waals surface area contributed by atoms with E-state index in [1.54, 1.807) is 0 Å². The summed E-state index contributed by atoms with van der Waals surface area (Å²) in [6.45, 7) is 1.60. The number of aryl methyl sites for hydroxylation is 1. The van der Waals surface area contributed by atoms with Crippen LogP contribution in [0.25, 0.3) is 0 Å². The maximum atomic E-state index is 11.1. The smallest absolute Gasteiger partial charge is 0.290 e. The van der Waals surface area contributed by atoms with Crippen molar-refractivity contribution in [1.82, 2.24) is 15.0 Å². The third-order valence-corrected chi connectivity index (χ3v) is 4.38. The van der Waals surface area contributed by atoms with Crippen molar-refractivity contribution in [3.8, 4) is 0 Å². The lowest BCUT2D eigenvalue weighted by Gasteiger charge is -2.34. The Morgan fingerprint density at radius 2 is 2.13 bits per heavy atom. The van der Waals surface area contributed by atoms with E-state index in [4.69, 9.17) is 10.3 Å². The molecular formula is C17H22N4O2. The average molecular weight is 314 g/mol. The second-order valence-electron chi connectivity index (χ2n) is 6.02. The molecule has 23 heavy (non-hydrogen) atoms. The van der Waals surface area contributed by atoms with Crippen molar-refractivity contribution in [2.45, 2.75) is 44.7 Å². The zero-order chi connectivity index (χ0) is 16.1. The summed E-state index contributed by atoms with van der Waals surface area (Å²) in [6.07, 6.45) is 5.80. The van der Waals surface area contributed by atoms with Gasteiger partial charge in [-0.25, -0.2) is 0 Å². The summed E-state index contributed by atoms with van der Waals surface area (Å²) >= 11 is 0. The topological polar surface area (TPSA) is 85.2 Å². The van der Waals surface area contributed by atoms with Crippen molar-refractivity contribution in [1.29, 1.82) is 0 Å². The van der Waals surface area contributed by atoms with Gasteiger partial charge >= 0.3 is 0 Å². The molecule has 1 aliphatic heterocycles. The van der Waals surface area contributed by atoms with E-state index in [2.05, 4.69) is 39.3 Å². The van der Waals surface area contributed by atoms with E-state index in [0.29, 0.717) is 18.5 Å². The largest absolute Gasteiger partial charge is 0.363 e. The molecule has 0 aliphatic carbocycles. The normalized spacial score (nSPS) is 18.9. The average Bonchev–Trinajstić information content (AvgIpc) is 3.04. The minimum absolute atomic E-state index is 0.0437. The Bertz CT molecular complexity index is 641. The predicted octanol–water partition coefficient (Wildman–Crippen LogP) is 2.16. The van der Waals surface area contributed by atoms with E-state index >= 15 is 0 Å². The van der Waals surface area contributed by atoms with E-state index in [9.17, 15) is 4.79 Å². The van der Waals surface area contributed by atoms with Gasteiger partial charge in [-0.3, -0.25) is 9.69 Å². The van der Waals surface area contributed by atoms with Crippen LogP contribution in [0.4, 0.5) is 0 Å². The number of likely N-dealkylation sites (tertiary alicyclic amines) is 1. The summed E-state index contributed by atoms with van der Waals surface area (Å²) in [5.41, 5.74) is 6.53. The first-order valence-electron chi connectivity index (χ1n) is 8.13. The van der Waals surface area contributed by atoms with E-state index in [1.807, 2.05) is 6.07 Å². The van der Waals surface area contributed by atoms with Crippen LogP contribution in [0.5, 0.6) is 0 Å². The SMILES string of the molecule is NC(=O)c1noc(CN2CCCC[C@H]2CCc2ccccc2)n1. The van der Waals surface area contributed by atoms with Gasteiger partial charge in [0.1, 0.15) is 0 Å². The Morgan fingerprint density at radius 1 is 1.30 bits per heavy atom.